The fourth-order valence-corrected chi connectivity index (χ4v) is 3.65. The molecule has 0 rings (SSSR count). The quantitative estimate of drug-likeness (QED) is 0.136. The molecule has 0 spiro atoms. The molecule has 0 aliphatic rings. The molecule has 0 radical (unpaired) electrons. The van der Waals surface area contributed by atoms with E-state index in [1.807, 2.05) is 0 Å². The molecule has 0 unspecified atom stereocenters. The van der Waals surface area contributed by atoms with E-state index in [1.165, 1.54) is 103 Å². The topological polar surface area (TPSA) is 55.1 Å². The Kier molecular flexibility index (Phi) is 24.5. The molecule has 3 heteroatoms. The molecule has 0 saturated heterocycles. The van der Waals surface area contributed by atoms with Gasteiger partial charge in [-0.1, -0.05) is 96.1 Å². The number of allylic oxidation sites excluding steroid dienone is 2. The number of amides is 1. The van der Waals surface area contributed by atoms with E-state index < -0.39 is 0 Å². The van der Waals surface area contributed by atoms with Crippen LogP contribution in [0.25, 0.3) is 0 Å². The van der Waals surface area contributed by atoms with Crippen LogP contribution in [0, 0.1) is 0 Å². The van der Waals surface area contributed by atoms with Crippen LogP contribution >= 0.6 is 0 Å². The van der Waals surface area contributed by atoms with Gasteiger partial charge in [0.05, 0.1) is 0 Å². The van der Waals surface area contributed by atoms with E-state index in [4.69, 9.17) is 5.73 Å². The Labute approximate surface area is 182 Å². The summed E-state index contributed by atoms with van der Waals surface area (Å²) < 4.78 is 0. The van der Waals surface area contributed by atoms with Gasteiger partial charge in [-0.15, -0.1) is 0 Å². The van der Waals surface area contributed by atoms with E-state index in [-0.39, 0.29) is 5.91 Å². The normalized spacial score (nSPS) is 11.4. The molecule has 0 aromatic heterocycles. The van der Waals surface area contributed by atoms with Crippen LogP contribution in [0.15, 0.2) is 12.2 Å². The van der Waals surface area contributed by atoms with Crippen molar-refractivity contribution in [3.63, 3.8) is 0 Å². The Morgan fingerprint density at radius 1 is 0.655 bits per heavy atom. The first kappa shape index (κ1) is 28.2. The van der Waals surface area contributed by atoms with E-state index in [9.17, 15) is 4.79 Å². The maximum Gasteiger partial charge on any atom is 0.219 e. The Bertz CT molecular complexity index is 355. The van der Waals surface area contributed by atoms with Crippen molar-refractivity contribution in [3.8, 4) is 0 Å². The standard InChI is InChI=1S/C26H52N2O/c1-2-3-4-5-6-7-8-9-10-11-12-13-14-15-16-17-18-19-20-23-26(29)28-25-22-21-24-27/h9-10H,2-8,11-25,27H2,1H3,(H,28,29). The molecule has 0 heterocycles. The molecule has 3 nitrogen and oxygen atoms in total. The Balaban J connectivity index is 3.14. The third kappa shape index (κ3) is 25.1. The molecule has 0 atom stereocenters. The number of unbranched alkanes of at least 4 members (excludes halogenated alkanes) is 16. The second-order valence-electron chi connectivity index (χ2n) is 8.59. The molecule has 29 heavy (non-hydrogen) atoms. The SMILES string of the molecule is CCCCCCCCC=CCCCCCCCCCCCC(=O)NCCCCN. The molecule has 0 bridgehead atoms. The summed E-state index contributed by atoms with van der Waals surface area (Å²) in [7, 11) is 0. The van der Waals surface area contributed by atoms with Gasteiger partial charge in [-0.3, -0.25) is 4.79 Å². The van der Waals surface area contributed by atoms with Crippen molar-refractivity contribution in [1.29, 1.82) is 0 Å². The summed E-state index contributed by atoms with van der Waals surface area (Å²) >= 11 is 0. The molecule has 0 aromatic rings. The third-order valence-electron chi connectivity index (χ3n) is 5.62. The molecular formula is C26H52N2O. The van der Waals surface area contributed by atoms with Gasteiger partial charge in [0.2, 0.25) is 5.91 Å². The lowest BCUT2D eigenvalue weighted by Crippen LogP contribution is -2.24. The molecule has 3 N–H and O–H groups in total. The number of rotatable bonds is 23. The number of carbonyl (C=O) groups is 1. The van der Waals surface area contributed by atoms with Gasteiger partial charge in [-0.2, -0.15) is 0 Å². The lowest BCUT2D eigenvalue weighted by atomic mass is 10.1. The van der Waals surface area contributed by atoms with E-state index >= 15 is 0 Å². The largest absolute Gasteiger partial charge is 0.356 e. The van der Waals surface area contributed by atoms with Crippen molar-refractivity contribution in [2.45, 2.75) is 135 Å². The first-order valence-electron chi connectivity index (χ1n) is 12.9. The fraction of sp³-hybridized carbons (Fsp3) is 0.885. The summed E-state index contributed by atoms with van der Waals surface area (Å²) in [5.41, 5.74) is 5.44. The van der Waals surface area contributed by atoms with E-state index in [0.717, 1.165) is 25.8 Å². The minimum atomic E-state index is 0.211. The van der Waals surface area contributed by atoms with Gasteiger partial charge in [-0.25, -0.2) is 0 Å². The molecule has 0 fully saturated rings. The predicted molar refractivity (Wildman–Crippen MR) is 129 cm³/mol. The van der Waals surface area contributed by atoms with Crippen LogP contribution in [-0.4, -0.2) is 19.0 Å². The molecule has 0 aromatic carbocycles. The van der Waals surface area contributed by atoms with E-state index in [2.05, 4.69) is 24.4 Å². The van der Waals surface area contributed by atoms with Crippen molar-refractivity contribution in [1.82, 2.24) is 5.32 Å². The van der Waals surface area contributed by atoms with Crippen molar-refractivity contribution in [2.75, 3.05) is 13.1 Å². The van der Waals surface area contributed by atoms with Gasteiger partial charge in [0.1, 0.15) is 0 Å². The fourth-order valence-electron chi connectivity index (χ4n) is 3.65. The van der Waals surface area contributed by atoms with Gasteiger partial charge in [-0.05, 0) is 51.5 Å². The van der Waals surface area contributed by atoms with Gasteiger partial charge in [0.25, 0.3) is 0 Å². The lowest BCUT2D eigenvalue weighted by Gasteiger charge is -2.05. The zero-order valence-corrected chi connectivity index (χ0v) is 19.7. The van der Waals surface area contributed by atoms with E-state index in [0.29, 0.717) is 13.0 Å². The average molecular weight is 409 g/mol. The number of carbonyl (C=O) groups excluding carboxylic acids is 1. The van der Waals surface area contributed by atoms with Crippen LogP contribution in [0.4, 0.5) is 0 Å². The molecule has 0 aliphatic heterocycles. The highest BCUT2D eigenvalue weighted by molar-refractivity contribution is 5.75. The van der Waals surface area contributed by atoms with Gasteiger partial charge in [0, 0.05) is 13.0 Å². The van der Waals surface area contributed by atoms with Crippen molar-refractivity contribution >= 4 is 5.91 Å². The molecular weight excluding hydrogens is 356 g/mol. The van der Waals surface area contributed by atoms with Gasteiger partial charge in [0.15, 0.2) is 0 Å². The van der Waals surface area contributed by atoms with Gasteiger partial charge >= 0.3 is 0 Å². The molecule has 1 amide bonds. The van der Waals surface area contributed by atoms with Crippen molar-refractivity contribution in [2.24, 2.45) is 5.73 Å². The van der Waals surface area contributed by atoms with Crippen LogP contribution < -0.4 is 11.1 Å². The number of nitrogens with one attached hydrogen (secondary N) is 1. The summed E-state index contributed by atoms with van der Waals surface area (Å²) in [5, 5.41) is 2.98. The predicted octanol–water partition coefficient (Wildman–Crippen LogP) is 7.44. The Morgan fingerprint density at radius 2 is 1.14 bits per heavy atom. The minimum absolute atomic E-state index is 0.211. The second-order valence-corrected chi connectivity index (χ2v) is 8.59. The van der Waals surface area contributed by atoms with Crippen LogP contribution in [0.2, 0.25) is 0 Å². The minimum Gasteiger partial charge on any atom is -0.356 e. The summed E-state index contributed by atoms with van der Waals surface area (Å²) in [6.45, 7) is 3.78. The average Bonchev–Trinajstić information content (AvgIpc) is 2.73. The highest BCUT2D eigenvalue weighted by Crippen LogP contribution is 2.12. The van der Waals surface area contributed by atoms with E-state index in [1.54, 1.807) is 0 Å². The highest BCUT2D eigenvalue weighted by Gasteiger charge is 2.00. The summed E-state index contributed by atoms with van der Waals surface area (Å²) in [6, 6.07) is 0. The first-order valence-corrected chi connectivity index (χ1v) is 12.9. The Hall–Kier alpha value is -0.830. The maximum atomic E-state index is 11.6. The molecule has 0 saturated carbocycles. The monoisotopic (exact) mass is 408 g/mol. The maximum absolute atomic E-state index is 11.6. The van der Waals surface area contributed by atoms with Crippen LogP contribution in [0.1, 0.15) is 135 Å². The summed E-state index contributed by atoms with van der Waals surface area (Å²) in [6.07, 6.45) is 30.1. The second kappa shape index (κ2) is 25.2. The van der Waals surface area contributed by atoms with Crippen LogP contribution in [0.3, 0.4) is 0 Å². The number of hydrogen-bond acceptors (Lipinski definition) is 2. The molecule has 172 valence electrons. The third-order valence-corrected chi connectivity index (χ3v) is 5.62. The lowest BCUT2D eigenvalue weighted by molar-refractivity contribution is -0.121. The van der Waals surface area contributed by atoms with Gasteiger partial charge < -0.3 is 11.1 Å². The zero-order chi connectivity index (χ0) is 21.3. The van der Waals surface area contributed by atoms with Crippen LogP contribution in [-0.2, 0) is 4.79 Å². The Morgan fingerprint density at radius 3 is 1.66 bits per heavy atom. The molecule has 0 aliphatic carbocycles. The zero-order valence-electron chi connectivity index (χ0n) is 19.7. The van der Waals surface area contributed by atoms with Crippen LogP contribution in [0.5, 0.6) is 0 Å². The smallest absolute Gasteiger partial charge is 0.219 e. The first-order chi connectivity index (χ1) is 14.3. The van der Waals surface area contributed by atoms with Crippen molar-refractivity contribution < 1.29 is 4.79 Å². The number of nitrogens with two attached hydrogens (primary N) is 1. The van der Waals surface area contributed by atoms with Crippen molar-refractivity contribution in [3.05, 3.63) is 12.2 Å². The number of hydrogen-bond donors (Lipinski definition) is 2. The summed E-state index contributed by atoms with van der Waals surface area (Å²) in [5.74, 6) is 0.211. The summed E-state index contributed by atoms with van der Waals surface area (Å²) in [4.78, 5) is 11.6. The highest BCUT2D eigenvalue weighted by atomic mass is 16.1.